The molecule has 0 radical (unpaired) electrons. The molecule has 1 N–H and O–H groups in total. The van der Waals surface area contributed by atoms with E-state index < -0.39 is 0 Å². The van der Waals surface area contributed by atoms with Crippen LogP contribution in [0.25, 0.3) is 0 Å². The van der Waals surface area contributed by atoms with Crippen molar-refractivity contribution in [3.05, 3.63) is 47.8 Å². The summed E-state index contributed by atoms with van der Waals surface area (Å²) in [5.74, 6) is 0.344. The first-order chi connectivity index (χ1) is 10.5. The maximum absolute atomic E-state index is 12.9. The second kappa shape index (κ2) is 7.13. The molecule has 0 bridgehead atoms. The van der Waals surface area contributed by atoms with Crippen molar-refractivity contribution >= 4 is 5.91 Å². The zero-order chi connectivity index (χ0) is 16.1. The van der Waals surface area contributed by atoms with E-state index in [1.807, 2.05) is 18.9 Å². The number of likely N-dealkylation sites (N-methyl/N-ethyl adjacent to an activating group) is 1. The smallest absolute Gasteiger partial charge is 0.234 e. The van der Waals surface area contributed by atoms with Crippen LogP contribution in [-0.2, 0) is 18.4 Å². The van der Waals surface area contributed by atoms with Gasteiger partial charge in [-0.05, 0) is 31.7 Å². The van der Waals surface area contributed by atoms with Gasteiger partial charge >= 0.3 is 0 Å². The molecule has 0 saturated heterocycles. The predicted molar refractivity (Wildman–Crippen MR) is 80.3 cm³/mol. The molecular formula is C15H20FN5O. The summed E-state index contributed by atoms with van der Waals surface area (Å²) in [4.78, 5) is 18.0. The van der Waals surface area contributed by atoms with Gasteiger partial charge in [0.2, 0.25) is 5.91 Å². The van der Waals surface area contributed by atoms with Crippen molar-refractivity contribution in [2.24, 2.45) is 7.05 Å². The lowest BCUT2D eigenvalue weighted by Crippen LogP contribution is -2.37. The number of hydrogen-bond donors (Lipinski definition) is 1. The van der Waals surface area contributed by atoms with Gasteiger partial charge in [0.05, 0.1) is 12.6 Å². The van der Waals surface area contributed by atoms with Gasteiger partial charge in [-0.2, -0.15) is 5.10 Å². The molecule has 0 aliphatic heterocycles. The van der Waals surface area contributed by atoms with Crippen molar-refractivity contribution in [3.63, 3.8) is 0 Å². The molecule has 2 aromatic rings. The molecule has 1 atom stereocenters. The fourth-order valence-corrected chi connectivity index (χ4v) is 2.25. The molecular weight excluding hydrogens is 285 g/mol. The van der Waals surface area contributed by atoms with Crippen LogP contribution in [-0.4, -0.2) is 39.2 Å². The van der Waals surface area contributed by atoms with Gasteiger partial charge in [-0.3, -0.25) is 14.4 Å². The lowest BCUT2D eigenvalue weighted by atomic mass is 10.2. The number of carbonyl (C=O) groups excluding carboxylic acids is 1. The molecule has 6 nitrogen and oxygen atoms in total. The monoisotopic (exact) mass is 305 g/mol. The van der Waals surface area contributed by atoms with E-state index in [-0.39, 0.29) is 24.3 Å². The Morgan fingerprint density at radius 2 is 2.09 bits per heavy atom. The number of hydrogen-bond acceptors (Lipinski definition) is 4. The van der Waals surface area contributed by atoms with Gasteiger partial charge < -0.3 is 5.32 Å². The van der Waals surface area contributed by atoms with Gasteiger partial charge in [0.1, 0.15) is 18.0 Å². The largest absolute Gasteiger partial charge is 0.345 e. The first-order valence-electron chi connectivity index (χ1n) is 7.02. The van der Waals surface area contributed by atoms with Crippen molar-refractivity contribution in [1.29, 1.82) is 0 Å². The Hall–Kier alpha value is -2.28. The van der Waals surface area contributed by atoms with Gasteiger partial charge in [0.15, 0.2) is 0 Å². The standard InChI is InChI=1S/C15H20FN5O/c1-11(15-17-10-18-21(15)3)19-14(22)9-20(2)8-12-4-6-13(16)7-5-12/h4-7,10-11H,8-9H2,1-3H3,(H,19,22)/t11-/m1/s1. The maximum atomic E-state index is 12.9. The first-order valence-corrected chi connectivity index (χ1v) is 7.02. The van der Waals surface area contributed by atoms with Crippen molar-refractivity contribution in [1.82, 2.24) is 25.0 Å². The Labute approximate surface area is 129 Å². The van der Waals surface area contributed by atoms with Gasteiger partial charge in [0, 0.05) is 13.6 Å². The van der Waals surface area contributed by atoms with E-state index in [0.29, 0.717) is 12.4 Å². The van der Waals surface area contributed by atoms with Crippen LogP contribution in [0, 0.1) is 5.82 Å². The average molecular weight is 305 g/mol. The first kappa shape index (κ1) is 16.1. The van der Waals surface area contributed by atoms with Crippen LogP contribution in [0.1, 0.15) is 24.4 Å². The third-order valence-corrected chi connectivity index (χ3v) is 3.29. The van der Waals surface area contributed by atoms with E-state index in [0.717, 1.165) is 5.56 Å². The highest BCUT2D eigenvalue weighted by molar-refractivity contribution is 5.78. The van der Waals surface area contributed by atoms with E-state index >= 15 is 0 Å². The highest BCUT2D eigenvalue weighted by atomic mass is 19.1. The van der Waals surface area contributed by atoms with Crippen molar-refractivity contribution in [2.75, 3.05) is 13.6 Å². The summed E-state index contributed by atoms with van der Waals surface area (Å²) in [6.07, 6.45) is 1.46. The Morgan fingerprint density at radius 1 is 1.41 bits per heavy atom. The number of rotatable bonds is 6. The number of aromatic nitrogens is 3. The summed E-state index contributed by atoms with van der Waals surface area (Å²) in [5, 5.41) is 6.87. The average Bonchev–Trinajstić information content (AvgIpc) is 2.87. The van der Waals surface area contributed by atoms with Gasteiger partial charge in [-0.25, -0.2) is 9.37 Å². The molecule has 0 aliphatic carbocycles. The van der Waals surface area contributed by atoms with Crippen LogP contribution >= 0.6 is 0 Å². The van der Waals surface area contributed by atoms with Crippen LogP contribution in [0.3, 0.4) is 0 Å². The molecule has 22 heavy (non-hydrogen) atoms. The molecule has 0 saturated carbocycles. The number of aryl methyl sites for hydroxylation is 1. The van der Waals surface area contributed by atoms with E-state index in [4.69, 9.17) is 0 Å². The van der Waals surface area contributed by atoms with Crippen molar-refractivity contribution in [2.45, 2.75) is 19.5 Å². The summed E-state index contributed by atoms with van der Waals surface area (Å²) < 4.78 is 14.5. The minimum absolute atomic E-state index is 0.0971. The molecule has 7 heteroatoms. The number of benzene rings is 1. The number of carbonyl (C=O) groups is 1. The predicted octanol–water partition coefficient (Wildman–Crippen LogP) is 1.26. The summed E-state index contributed by atoms with van der Waals surface area (Å²) in [6.45, 7) is 2.69. The molecule has 2 rings (SSSR count). The SMILES string of the molecule is C[C@@H](NC(=O)CN(C)Cc1ccc(F)cc1)c1ncnn1C. The molecule has 1 aromatic carbocycles. The number of nitrogens with zero attached hydrogens (tertiary/aromatic N) is 4. The van der Waals surface area contributed by atoms with Gasteiger partial charge in [0.25, 0.3) is 0 Å². The molecule has 0 spiro atoms. The summed E-state index contributed by atoms with van der Waals surface area (Å²) >= 11 is 0. The Kier molecular flexibility index (Phi) is 5.21. The second-order valence-electron chi connectivity index (χ2n) is 5.33. The quantitative estimate of drug-likeness (QED) is 0.873. The second-order valence-corrected chi connectivity index (χ2v) is 5.33. The number of halogens is 1. The van der Waals surface area contributed by atoms with E-state index in [9.17, 15) is 9.18 Å². The minimum Gasteiger partial charge on any atom is -0.345 e. The lowest BCUT2D eigenvalue weighted by Gasteiger charge is -2.18. The fourth-order valence-electron chi connectivity index (χ4n) is 2.25. The molecule has 0 fully saturated rings. The Bertz CT molecular complexity index is 625. The number of nitrogens with one attached hydrogen (secondary N) is 1. The topological polar surface area (TPSA) is 63.1 Å². The summed E-state index contributed by atoms with van der Waals surface area (Å²) in [7, 11) is 3.63. The van der Waals surface area contributed by atoms with E-state index in [2.05, 4.69) is 15.4 Å². The lowest BCUT2D eigenvalue weighted by molar-refractivity contribution is -0.122. The van der Waals surface area contributed by atoms with Gasteiger partial charge in [-0.15, -0.1) is 0 Å². The molecule has 1 amide bonds. The normalized spacial score (nSPS) is 12.4. The maximum Gasteiger partial charge on any atom is 0.234 e. The summed E-state index contributed by atoms with van der Waals surface area (Å²) in [5.41, 5.74) is 0.957. The molecule has 118 valence electrons. The van der Waals surface area contributed by atoms with E-state index in [1.54, 1.807) is 23.9 Å². The zero-order valence-electron chi connectivity index (χ0n) is 13.0. The molecule has 1 heterocycles. The number of amides is 1. The highest BCUT2D eigenvalue weighted by Gasteiger charge is 2.15. The van der Waals surface area contributed by atoms with Crippen LogP contribution in [0.5, 0.6) is 0 Å². The molecule has 0 aliphatic rings. The Morgan fingerprint density at radius 3 is 2.68 bits per heavy atom. The van der Waals surface area contributed by atoms with Crippen LogP contribution in [0.2, 0.25) is 0 Å². The van der Waals surface area contributed by atoms with E-state index in [1.165, 1.54) is 18.5 Å². The van der Waals surface area contributed by atoms with Crippen molar-refractivity contribution < 1.29 is 9.18 Å². The van der Waals surface area contributed by atoms with Crippen LogP contribution < -0.4 is 5.32 Å². The van der Waals surface area contributed by atoms with Crippen LogP contribution in [0.4, 0.5) is 4.39 Å². The van der Waals surface area contributed by atoms with Crippen LogP contribution in [0.15, 0.2) is 30.6 Å². The van der Waals surface area contributed by atoms with Crippen molar-refractivity contribution in [3.8, 4) is 0 Å². The third kappa shape index (κ3) is 4.36. The molecule has 0 unspecified atom stereocenters. The third-order valence-electron chi connectivity index (χ3n) is 3.29. The molecule has 1 aromatic heterocycles. The zero-order valence-corrected chi connectivity index (χ0v) is 13.0. The Balaban J connectivity index is 1.83. The minimum atomic E-state index is -0.262. The summed E-state index contributed by atoms with van der Waals surface area (Å²) in [6, 6.07) is 6.05. The fraction of sp³-hybridized carbons (Fsp3) is 0.400. The van der Waals surface area contributed by atoms with Gasteiger partial charge in [-0.1, -0.05) is 12.1 Å². The highest BCUT2D eigenvalue weighted by Crippen LogP contribution is 2.08.